The van der Waals surface area contributed by atoms with Crippen LogP contribution in [0.1, 0.15) is 11.1 Å². The second-order valence-electron chi connectivity index (χ2n) is 6.25. The van der Waals surface area contributed by atoms with Crippen LogP contribution in [0.25, 0.3) is 32.9 Å². The van der Waals surface area contributed by atoms with Crippen molar-refractivity contribution in [2.75, 3.05) is 0 Å². The summed E-state index contributed by atoms with van der Waals surface area (Å²) < 4.78 is 1.80. The molecule has 3 aromatic carbocycles. The van der Waals surface area contributed by atoms with Gasteiger partial charge in [-0.25, -0.2) is 0 Å². The van der Waals surface area contributed by atoms with Gasteiger partial charge in [-0.05, 0) is 40.5 Å². The van der Waals surface area contributed by atoms with Crippen LogP contribution in [-0.2, 0) is 10.6 Å². The van der Waals surface area contributed by atoms with Crippen molar-refractivity contribution in [2.24, 2.45) is 12.8 Å². The Labute approximate surface area is 148 Å². The van der Waals surface area contributed by atoms with Crippen LogP contribution in [0.5, 0.6) is 0 Å². The summed E-state index contributed by atoms with van der Waals surface area (Å²) in [5.74, 6) is 0. The molecule has 1 heterocycles. The van der Waals surface area contributed by atoms with Crippen molar-refractivity contribution in [3.63, 3.8) is 0 Å². The van der Waals surface area contributed by atoms with Gasteiger partial charge in [0.2, 0.25) is 0 Å². The first-order valence-electron chi connectivity index (χ1n) is 7.68. The number of hydrogen-bond acceptors (Lipinski definition) is 1. The Morgan fingerprint density at radius 2 is 1.57 bits per heavy atom. The SMILES string of the molecule is Cn1c2ccccc2c2cc3c(cc21)C(N)(I)c1ccccc1-3. The molecule has 0 amide bonds. The normalized spacial score (nSPS) is 19.3. The van der Waals surface area contributed by atoms with E-state index >= 15 is 0 Å². The van der Waals surface area contributed by atoms with E-state index in [4.69, 9.17) is 5.73 Å². The molecule has 1 unspecified atom stereocenters. The summed E-state index contributed by atoms with van der Waals surface area (Å²) in [4.78, 5) is 0. The number of nitrogens with two attached hydrogens (primary N) is 1. The lowest BCUT2D eigenvalue weighted by Crippen LogP contribution is -2.27. The average Bonchev–Trinajstić information content (AvgIpc) is 2.98. The maximum atomic E-state index is 6.71. The summed E-state index contributed by atoms with van der Waals surface area (Å²) in [7, 11) is 2.13. The van der Waals surface area contributed by atoms with Crippen LogP contribution in [0, 0.1) is 0 Å². The predicted octanol–water partition coefficient (Wildman–Crippen LogP) is 4.91. The van der Waals surface area contributed by atoms with E-state index < -0.39 is 3.55 Å². The van der Waals surface area contributed by atoms with E-state index in [1.165, 1.54) is 44.1 Å². The van der Waals surface area contributed by atoms with Crippen LogP contribution in [-0.4, -0.2) is 4.57 Å². The van der Waals surface area contributed by atoms with Gasteiger partial charge in [-0.2, -0.15) is 0 Å². The minimum absolute atomic E-state index is 0.464. The summed E-state index contributed by atoms with van der Waals surface area (Å²) in [5, 5.41) is 2.60. The highest BCUT2D eigenvalue weighted by Gasteiger charge is 2.38. The first-order valence-corrected chi connectivity index (χ1v) is 8.76. The number of aromatic nitrogens is 1. The lowest BCUT2D eigenvalue weighted by molar-refractivity contribution is 0.861. The molecule has 1 aromatic heterocycles. The minimum atomic E-state index is -0.464. The van der Waals surface area contributed by atoms with Crippen LogP contribution in [0.15, 0.2) is 60.7 Å². The number of aryl methyl sites for hydroxylation is 1. The fraction of sp³-hybridized carbons (Fsp3) is 0.100. The van der Waals surface area contributed by atoms with Gasteiger partial charge in [-0.15, -0.1) is 0 Å². The van der Waals surface area contributed by atoms with E-state index in [1.807, 2.05) is 0 Å². The van der Waals surface area contributed by atoms with Crippen molar-refractivity contribution in [3.8, 4) is 11.1 Å². The molecule has 3 heteroatoms. The molecule has 5 rings (SSSR count). The molecule has 4 aromatic rings. The maximum Gasteiger partial charge on any atom is 0.120 e. The van der Waals surface area contributed by atoms with E-state index in [2.05, 4.69) is 94.9 Å². The zero-order chi connectivity index (χ0) is 15.8. The first-order chi connectivity index (χ1) is 11.1. The molecule has 0 saturated heterocycles. The molecule has 0 radical (unpaired) electrons. The standard InChI is InChI=1S/C20H15IN2/c1-23-18-9-5-3-7-13(18)15-10-14-12-6-2-4-8-16(12)20(21,22)17(14)11-19(15)23/h2-11H,22H2,1H3. The molecule has 23 heavy (non-hydrogen) atoms. The number of nitrogens with zero attached hydrogens (tertiary/aromatic N) is 1. The van der Waals surface area contributed by atoms with Gasteiger partial charge in [-0.1, -0.05) is 65.1 Å². The molecule has 0 saturated carbocycles. The molecule has 0 fully saturated rings. The fourth-order valence-electron chi connectivity index (χ4n) is 3.91. The third-order valence-electron chi connectivity index (χ3n) is 5.05. The number of halogens is 1. The van der Waals surface area contributed by atoms with E-state index in [9.17, 15) is 0 Å². The van der Waals surface area contributed by atoms with Crippen LogP contribution >= 0.6 is 22.6 Å². The van der Waals surface area contributed by atoms with Crippen molar-refractivity contribution in [2.45, 2.75) is 3.55 Å². The molecule has 1 aliphatic carbocycles. The largest absolute Gasteiger partial charge is 0.344 e. The third kappa shape index (κ3) is 1.61. The van der Waals surface area contributed by atoms with Gasteiger partial charge in [-0.3, -0.25) is 0 Å². The topological polar surface area (TPSA) is 30.9 Å². The first kappa shape index (κ1) is 13.6. The quantitative estimate of drug-likeness (QED) is 0.249. The average molecular weight is 410 g/mol. The zero-order valence-electron chi connectivity index (χ0n) is 12.7. The number of alkyl halides is 1. The summed E-state index contributed by atoms with van der Waals surface area (Å²) in [5.41, 5.74) is 14.1. The summed E-state index contributed by atoms with van der Waals surface area (Å²) in [6, 6.07) is 21.6. The molecule has 0 aliphatic heterocycles. The Balaban J connectivity index is 1.98. The summed E-state index contributed by atoms with van der Waals surface area (Å²) in [6.45, 7) is 0. The van der Waals surface area contributed by atoms with E-state index in [1.54, 1.807) is 0 Å². The monoisotopic (exact) mass is 410 g/mol. The Hall–Kier alpha value is -1.85. The van der Waals surface area contributed by atoms with Gasteiger partial charge in [0.1, 0.15) is 3.55 Å². The fourth-order valence-corrected chi connectivity index (χ4v) is 4.83. The minimum Gasteiger partial charge on any atom is -0.344 e. The van der Waals surface area contributed by atoms with Crippen LogP contribution in [0.2, 0.25) is 0 Å². The Morgan fingerprint density at radius 3 is 2.43 bits per heavy atom. The molecular formula is C20H15IN2. The van der Waals surface area contributed by atoms with Crippen molar-refractivity contribution >= 4 is 44.4 Å². The van der Waals surface area contributed by atoms with Gasteiger partial charge in [0.15, 0.2) is 0 Å². The Kier molecular flexibility index (Phi) is 2.58. The predicted molar refractivity (Wildman–Crippen MR) is 105 cm³/mol. The molecule has 2 N–H and O–H groups in total. The van der Waals surface area contributed by atoms with Crippen LogP contribution in [0.3, 0.4) is 0 Å². The van der Waals surface area contributed by atoms with Crippen molar-refractivity contribution in [3.05, 3.63) is 71.8 Å². The lowest BCUT2D eigenvalue weighted by Gasteiger charge is -2.19. The van der Waals surface area contributed by atoms with Gasteiger partial charge >= 0.3 is 0 Å². The molecule has 0 spiro atoms. The molecule has 112 valence electrons. The maximum absolute atomic E-state index is 6.71. The molecule has 1 aliphatic rings. The molecule has 0 bridgehead atoms. The van der Waals surface area contributed by atoms with Gasteiger partial charge in [0.05, 0.1) is 0 Å². The van der Waals surface area contributed by atoms with Crippen molar-refractivity contribution in [1.82, 2.24) is 4.57 Å². The van der Waals surface area contributed by atoms with Gasteiger partial charge in [0, 0.05) is 28.9 Å². The number of para-hydroxylation sites is 1. The zero-order valence-corrected chi connectivity index (χ0v) is 14.8. The number of rotatable bonds is 0. The molecule has 2 nitrogen and oxygen atoms in total. The Morgan fingerprint density at radius 1 is 0.826 bits per heavy atom. The van der Waals surface area contributed by atoms with E-state index in [-0.39, 0.29) is 0 Å². The van der Waals surface area contributed by atoms with Crippen LogP contribution in [0.4, 0.5) is 0 Å². The Bertz CT molecular complexity index is 1110. The van der Waals surface area contributed by atoms with Crippen molar-refractivity contribution < 1.29 is 0 Å². The highest BCUT2D eigenvalue weighted by atomic mass is 127. The number of hydrogen-bond donors (Lipinski definition) is 1. The lowest BCUT2D eigenvalue weighted by atomic mass is 10.0. The van der Waals surface area contributed by atoms with E-state index in [0.29, 0.717) is 0 Å². The van der Waals surface area contributed by atoms with Crippen molar-refractivity contribution in [1.29, 1.82) is 0 Å². The highest BCUT2D eigenvalue weighted by Crippen LogP contribution is 2.51. The van der Waals surface area contributed by atoms with Gasteiger partial charge < -0.3 is 10.3 Å². The number of benzene rings is 3. The van der Waals surface area contributed by atoms with Gasteiger partial charge in [0.25, 0.3) is 0 Å². The summed E-state index contributed by atoms with van der Waals surface area (Å²) >= 11 is 2.38. The molecule has 1 atom stereocenters. The molecular weight excluding hydrogens is 395 g/mol. The smallest absolute Gasteiger partial charge is 0.120 e. The van der Waals surface area contributed by atoms with E-state index in [0.717, 1.165) is 0 Å². The summed E-state index contributed by atoms with van der Waals surface area (Å²) in [6.07, 6.45) is 0. The number of fused-ring (bicyclic) bond motifs is 6. The second kappa shape index (κ2) is 4.36. The third-order valence-corrected chi connectivity index (χ3v) is 6.22. The van der Waals surface area contributed by atoms with Crippen LogP contribution < -0.4 is 5.73 Å². The second-order valence-corrected chi connectivity index (χ2v) is 7.95. The highest BCUT2D eigenvalue weighted by molar-refractivity contribution is 14.1.